The molecule has 0 aliphatic rings. The number of carbonyl (C=O) groups excluding carboxylic acids is 1. The highest BCUT2D eigenvalue weighted by Gasteiger charge is 2.10. The number of pyridine rings is 1. The predicted molar refractivity (Wildman–Crippen MR) is 99.6 cm³/mol. The summed E-state index contributed by atoms with van der Waals surface area (Å²) < 4.78 is 2.86. The summed E-state index contributed by atoms with van der Waals surface area (Å²) in [5.74, 6) is 0.681. The Morgan fingerprint density at radius 2 is 2.08 bits per heavy atom. The molecule has 0 aliphatic heterocycles. The lowest BCUT2D eigenvalue weighted by Gasteiger charge is -2.10. The minimum atomic E-state index is -0.117. The number of nitrogens with one attached hydrogen (secondary N) is 1. The third-order valence-corrected chi connectivity index (χ3v) is 4.74. The Labute approximate surface area is 152 Å². The van der Waals surface area contributed by atoms with Gasteiger partial charge in [-0.3, -0.25) is 9.36 Å². The van der Waals surface area contributed by atoms with E-state index in [9.17, 15) is 4.79 Å². The molecule has 0 atom stereocenters. The minimum Gasteiger partial charge on any atom is -0.310 e. The van der Waals surface area contributed by atoms with Crippen LogP contribution in [0.2, 0.25) is 0 Å². The summed E-state index contributed by atoms with van der Waals surface area (Å²) in [7, 11) is 0. The number of para-hydroxylation sites is 1. The summed E-state index contributed by atoms with van der Waals surface area (Å²) >= 11 is 4.70. The van der Waals surface area contributed by atoms with Crippen LogP contribution in [0.4, 0.5) is 5.82 Å². The van der Waals surface area contributed by atoms with E-state index in [0.29, 0.717) is 5.82 Å². The summed E-state index contributed by atoms with van der Waals surface area (Å²) in [4.78, 5) is 20.6. The number of carbonyl (C=O) groups is 1. The van der Waals surface area contributed by atoms with Crippen molar-refractivity contribution in [3.63, 3.8) is 0 Å². The SMILES string of the molecule is Cc1ccccc1-n1ccnc1SCC(=O)Nc1ccc(Br)cn1. The van der Waals surface area contributed by atoms with E-state index in [-0.39, 0.29) is 11.7 Å². The van der Waals surface area contributed by atoms with E-state index in [2.05, 4.69) is 44.2 Å². The highest BCUT2D eigenvalue weighted by atomic mass is 79.9. The zero-order chi connectivity index (χ0) is 16.9. The molecule has 0 unspecified atom stereocenters. The van der Waals surface area contributed by atoms with E-state index in [4.69, 9.17) is 0 Å². The molecule has 122 valence electrons. The molecule has 2 aromatic heterocycles. The van der Waals surface area contributed by atoms with E-state index >= 15 is 0 Å². The van der Waals surface area contributed by atoms with Crippen molar-refractivity contribution >= 4 is 39.4 Å². The van der Waals surface area contributed by atoms with Gasteiger partial charge in [-0.15, -0.1) is 0 Å². The molecule has 0 fully saturated rings. The van der Waals surface area contributed by atoms with Crippen LogP contribution in [0.5, 0.6) is 0 Å². The molecule has 5 nitrogen and oxygen atoms in total. The lowest BCUT2D eigenvalue weighted by Crippen LogP contribution is -2.15. The average molecular weight is 403 g/mol. The van der Waals surface area contributed by atoms with Crippen LogP contribution in [0, 0.1) is 6.92 Å². The molecule has 0 radical (unpaired) electrons. The first-order chi connectivity index (χ1) is 11.6. The number of aryl methyl sites for hydroxylation is 1. The largest absolute Gasteiger partial charge is 0.310 e. The number of rotatable bonds is 5. The number of imidazole rings is 1. The van der Waals surface area contributed by atoms with Gasteiger partial charge in [-0.1, -0.05) is 30.0 Å². The molecule has 0 saturated carbocycles. The fraction of sp³-hybridized carbons (Fsp3) is 0.118. The van der Waals surface area contributed by atoms with Crippen molar-refractivity contribution in [1.29, 1.82) is 0 Å². The first-order valence-corrected chi connectivity index (χ1v) is 9.05. The smallest absolute Gasteiger partial charge is 0.236 e. The summed E-state index contributed by atoms with van der Waals surface area (Å²) in [5.41, 5.74) is 2.22. The van der Waals surface area contributed by atoms with E-state index in [1.807, 2.05) is 35.0 Å². The Bertz CT molecular complexity index is 848. The Morgan fingerprint density at radius 1 is 1.25 bits per heavy atom. The van der Waals surface area contributed by atoms with Crippen molar-refractivity contribution in [2.24, 2.45) is 0 Å². The summed E-state index contributed by atoms with van der Waals surface area (Å²) in [6, 6.07) is 11.7. The third-order valence-electron chi connectivity index (χ3n) is 3.31. The Morgan fingerprint density at radius 3 is 2.83 bits per heavy atom. The fourth-order valence-corrected chi connectivity index (χ4v) is 3.17. The number of benzene rings is 1. The van der Waals surface area contributed by atoms with Crippen molar-refractivity contribution in [2.75, 3.05) is 11.1 Å². The summed E-state index contributed by atoms with van der Waals surface area (Å²) in [5, 5.41) is 3.55. The van der Waals surface area contributed by atoms with Gasteiger partial charge in [-0.05, 0) is 46.6 Å². The highest BCUT2D eigenvalue weighted by Crippen LogP contribution is 2.22. The number of anilines is 1. The molecular formula is C17H15BrN4OS. The molecule has 3 aromatic rings. The molecule has 0 aliphatic carbocycles. The Kier molecular flexibility index (Phi) is 5.32. The number of aromatic nitrogens is 3. The molecular weight excluding hydrogens is 388 g/mol. The van der Waals surface area contributed by atoms with E-state index in [1.165, 1.54) is 11.8 Å². The first-order valence-electron chi connectivity index (χ1n) is 7.27. The van der Waals surface area contributed by atoms with Gasteiger partial charge in [0.1, 0.15) is 5.82 Å². The van der Waals surface area contributed by atoms with Crippen LogP contribution in [0.1, 0.15) is 5.56 Å². The number of hydrogen-bond donors (Lipinski definition) is 1. The van der Waals surface area contributed by atoms with Crippen LogP contribution >= 0.6 is 27.7 Å². The third kappa shape index (κ3) is 4.04. The Hall–Kier alpha value is -2.12. The number of halogens is 1. The van der Waals surface area contributed by atoms with Gasteiger partial charge in [0.2, 0.25) is 5.91 Å². The minimum absolute atomic E-state index is 0.117. The number of hydrogen-bond acceptors (Lipinski definition) is 4. The van der Waals surface area contributed by atoms with E-state index in [1.54, 1.807) is 18.5 Å². The van der Waals surface area contributed by atoms with Crippen LogP contribution in [-0.2, 0) is 4.79 Å². The second-order valence-electron chi connectivity index (χ2n) is 5.06. The molecule has 3 rings (SSSR count). The predicted octanol–water partition coefficient (Wildman–Crippen LogP) is 4.07. The van der Waals surface area contributed by atoms with Crippen LogP contribution in [0.3, 0.4) is 0 Å². The molecule has 1 aromatic carbocycles. The molecule has 24 heavy (non-hydrogen) atoms. The molecule has 1 N–H and O–H groups in total. The van der Waals surface area contributed by atoms with Crippen LogP contribution in [0.25, 0.3) is 5.69 Å². The van der Waals surface area contributed by atoms with Gasteiger partial charge in [0.25, 0.3) is 0 Å². The second-order valence-corrected chi connectivity index (χ2v) is 6.92. The van der Waals surface area contributed by atoms with Crippen LogP contribution < -0.4 is 5.32 Å². The maximum atomic E-state index is 12.1. The van der Waals surface area contributed by atoms with E-state index < -0.39 is 0 Å². The lowest BCUT2D eigenvalue weighted by atomic mass is 10.2. The maximum Gasteiger partial charge on any atom is 0.236 e. The summed E-state index contributed by atoms with van der Waals surface area (Å²) in [6.45, 7) is 2.05. The zero-order valence-corrected chi connectivity index (χ0v) is 15.3. The van der Waals surface area contributed by atoms with Crippen molar-refractivity contribution in [3.05, 3.63) is 65.0 Å². The second kappa shape index (κ2) is 7.63. The molecule has 0 saturated heterocycles. The van der Waals surface area contributed by atoms with Crippen molar-refractivity contribution in [3.8, 4) is 5.69 Å². The normalized spacial score (nSPS) is 10.6. The maximum absolute atomic E-state index is 12.1. The fourth-order valence-electron chi connectivity index (χ4n) is 2.17. The monoisotopic (exact) mass is 402 g/mol. The van der Waals surface area contributed by atoms with Crippen molar-refractivity contribution in [2.45, 2.75) is 12.1 Å². The molecule has 0 spiro atoms. The average Bonchev–Trinajstić information content (AvgIpc) is 3.04. The van der Waals surface area contributed by atoms with Gasteiger partial charge in [0, 0.05) is 23.1 Å². The standard InChI is InChI=1S/C17H15BrN4OS/c1-12-4-2-3-5-14(12)22-9-8-19-17(22)24-11-16(23)21-15-7-6-13(18)10-20-15/h2-10H,11H2,1H3,(H,20,21,23). The molecule has 0 bridgehead atoms. The van der Waals surface area contributed by atoms with Gasteiger partial charge in [-0.2, -0.15) is 0 Å². The van der Waals surface area contributed by atoms with Crippen LogP contribution in [0.15, 0.2) is 64.6 Å². The number of thioether (sulfide) groups is 1. The quantitative estimate of drug-likeness (QED) is 0.653. The first kappa shape index (κ1) is 16.7. The van der Waals surface area contributed by atoms with Crippen LogP contribution in [-0.4, -0.2) is 26.2 Å². The lowest BCUT2D eigenvalue weighted by molar-refractivity contribution is -0.113. The number of nitrogens with zero attached hydrogens (tertiary/aromatic N) is 3. The molecule has 7 heteroatoms. The van der Waals surface area contributed by atoms with Gasteiger partial charge >= 0.3 is 0 Å². The number of amides is 1. The van der Waals surface area contributed by atoms with Gasteiger partial charge < -0.3 is 5.32 Å². The van der Waals surface area contributed by atoms with Gasteiger partial charge in [-0.25, -0.2) is 9.97 Å². The van der Waals surface area contributed by atoms with Gasteiger partial charge in [0.05, 0.1) is 11.4 Å². The zero-order valence-electron chi connectivity index (χ0n) is 12.9. The van der Waals surface area contributed by atoms with E-state index in [0.717, 1.165) is 20.9 Å². The summed E-state index contributed by atoms with van der Waals surface area (Å²) in [6.07, 6.45) is 5.29. The Balaban J connectivity index is 1.65. The molecule has 1 amide bonds. The highest BCUT2D eigenvalue weighted by molar-refractivity contribution is 9.10. The van der Waals surface area contributed by atoms with Gasteiger partial charge in [0.15, 0.2) is 5.16 Å². The van der Waals surface area contributed by atoms with Crippen molar-refractivity contribution < 1.29 is 4.79 Å². The molecule has 2 heterocycles. The topological polar surface area (TPSA) is 59.8 Å². The van der Waals surface area contributed by atoms with Crippen molar-refractivity contribution in [1.82, 2.24) is 14.5 Å².